The van der Waals surface area contributed by atoms with Gasteiger partial charge in [-0.3, -0.25) is 9.20 Å². The molecule has 0 spiro atoms. The SMILES string of the molecule is Cc1ccc(Nc2nc3ccc(C(=O)c4ccccc4)cc3n3c(C)nnc23)cc1C. The van der Waals surface area contributed by atoms with Gasteiger partial charge in [0.25, 0.3) is 0 Å². The van der Waals surface area contributed by atoms with E-state index in [2.05, 4.69) is 41.5 Å². The maximum Gasteiger partial charge on any atom is 0.204 e. The molecule has 0 fully saturated rings. The summed E-state index contributed by atoms with van der Waals surface area (Å²) in [6.07, 6.45) is 0. The van der Waals surface area contributed by atoms with Crippen LogP contribution in [0.5, 0.6) is 0 Å². The van der Waals surface area contributed by atoms with Crippen molar-refractivity contribution in [2.45, 2.75) is 20.8 Å². The summed E-state index contributed by atoms with van der Waals surface area (Å²) in [5.41, 5.74) is 6.79. The summed E-state index contributed by atoms with van der Waals surface area (Å²) in [6.45, 7) is 6.06. The molecule has 0 bridgehead atoms. The molecule has 152 valence electrons. The van der Waals surface area contributed by atoms with E-state index in [9.17, 15) is 4.79 Å². The van der Waals surface area contributed by atoms with Gasteiger partial charge in [0.1, 0.15) is 5.82 Å². The maximum absolute atomic E-state index is 12.9. The van der Waals surface area contributed by atoms with Gasteiger partial charge in [-0.15, -0.1) is 10.2 Å². The molecule has 2 heterocycles. The number of nitrogens with zero attached hydrogens (tertiary/aromatic N) is 4. The third-order valence-corrected chi connectivity index (χ3v) is 5.55. The lowest BCUT2D eigenvalue weighted by molar-refractivity contribution is 0.103. The normalized spacial score (nSPS) is 11.2. The van der Waals surface area contributed by atoms with Crippen molar-refractivity contribution in [3.63, 3.8) is 0 Å². The van der Waals surface area contributed by atoms with Crippen LogP contribution in [0.2, 0.25) is 0 Å². The Kier molecular flexibility index (Phi) is 4.47. The summed E-state index contributed by atoms with van der Waals surface area (Å²) in [5.74, 6) is 1.33. The molecule has 0 radical (unpaired) electrons. The van der Waals surface area contributed by atoms with E-state index in [-0.39, 0.29) is 5.78 Å². The quantitative estimate of drug-likeness (QED) is 0.416. The highest BCUT2D eigenvalue weighted by Crippen LogP contribution is 2.26. The third kappa shape index (κ3) is 3.32. The van der Waals surface area contributed by atoms with Crippen molar-refractivity contribution >= 4 is 34.0 Å². The standard InChI is InChI=1S/C25H21N5O/c1-15-9-11-20(13-16(15)2)26-24-25-29-28-17(3)30(25)22-14-19(10-12-21(22)27-24)23(31)18-7-5-4-6-8-18/h4-14H,1-3H3,(H,26,27). The number of aryl methyl sites for hydroxylation is 3. The molecule has 5 rings (SSSR count). The van der Waals surface area contributed by atoms with Crippen molar-refractivity contribution in [3.05, 3.63) is 94.8 Å². The van der Waals surface area contributed by atoms with Gasteiger partial charge in [0, 0.05) is 16.8 Å². The minimum Gasteiger partial charge on any atom is -0.337 e. The average Bonchev–Trinajstić information content (AvgIpc) is 3.18. The van der Waals surface area contributed by atoms with Gasteiger partial charge in [0.2, 0.25) is 5.65 Å². The number of benzene rings is 3. The predicted octanol–water partition coefficient (Wildman–Crippen LogP) is 5.18. The molecule has 6 heteroatoms. The van der Waals surface area contributed by atoms with Crippen LogP contribution in [0, 0.1) is 20.8 Å². The first-order valence-electron chi connectivity index (χ1n) is 10.1. The summed E-state index contributed by atoms with van der Waals surface area (Å²) in [6, 6.07) is 21.0. The summed E-state index contributed by atoms with van der Waals surface area (Å²) in [5, 5.41) is 12.0. The zero-order chi connectivity index (χ0) is 21.5. The van der Waals surface area contributed by atoms with Crippen LogP contribution in [-0.2, 0) is 0 Å². The lowest BCUT2D eigenvalue weighted by Gasteiger charge is -2.12. The highest BCUT2D eigenvalue weighted by molar-refractivity contribution is 6.10. The molecule has 0 saturated heterocycles. The van der Waals surface area contributed by atoms with Gasteiger partial charge in [-0.05, 0) is 62.2 Å². The van der Waals surface area contributed by atoms with Crippen molar-refractivity contribution in [1.82, 2.24) is 19.6 Å². The van der Waals surface area contributed by atoms with Gasteiger partial charge in [-0.1, -0.05) is 36.4 Å². The van der Waals surface area contributed by atoms with Crippen molar-refractivity contribution in [1.29, 1.82) is 0 Å². The first-order valence-corrected chi connectivity index (χ1v) is 10.1. The fraction of sp³-hybridized carbons (Fsp3) is 0.120. The van der Waals surface area contributed by atoms with Gasteiger partial charge in [-0.2, -0.15) is 0 Å². The molecule has 31 heavy (non-hydrogen) atoms. The second kappa shape index (κ2) is 7.32. The molecule has 0 aliphatic carbocycles. The number of hydrogen-bond acceptors (Lipinski definition) is 5. The Morgan fingerprint density at radius 2 is 1.65 bits per heavy atom. The molecule has 0 amide bonds. The molecule has 0 aliphatic heterocycles. The molecule has 1 N–H and O–H groups in total. The van der Waals surface area contributed by atoms with Crippen LogP contribution in [0.4, 0.5) is 11.5 Å². The molecular formula is C25H21N5O. The van der Waals surface area contributed by atoms with Crippen molar-refractivity contribution in [2.24, 2.45) is 0 Å². The van der Waals surface area contributed by atoms with E-state index in [1.165, 1.54) is 11.1 Å². The van der Waals surface area contributed by atoms with Crippen molar-refractivity contribution in [3.8, 4) is 0 Å². The minimum absolute atomic E-state index is 0.0290. The first-order chi connectivity index (χ1) is 15.0. The van der Waals surface area contributed by atoms with Crippen LogP contribution in [0.25, 0.3) is 16.7 Å². The molecule has 3 aromatic carbocycles. The Labute approximate surface area is 179 Å². The van der Waals surface area contributed by atoms with Gasteiger partial charge < -0.3 is 5.32 Å². The summed E-state index contributed by atoms with van der Waals surface area (Å²) in [4.78, 5) is 17.7. The minimum atomic E-state index is -0.0290. The fourth-order valence-corrected chi connectivity index (χ4v) is 3.71. The van der Waals surface area contributed by atoms with E-state index < -0.39 is 0 Å². The van der Waals surface area contributed by atoms with Crippen LogP contribution in [-0.4, -0.2) is 25.4 Å². The highest BCUT2D eigenvalue weighted by atomic mass is 16.1. The Hall–Kier alpha value is -4.06. The van der Waals surface area contributed by atoms with Crippen LogP contribution < -0.4 is 5.32 Å². The number of nitrogens with one attached hydrogen (secondary N) is 1. The van der Waals surface area contributed by atoms with Gasteiger partial charge in [0.15, 0.2) is 11.6 Å². The highest BCUT2D eigenvalue weighted by Gasteiger charge is 2.16. The van der Waals surface area contributed by atoms with E-state index in [0.717, 1.165) is 22.5 Å². The monoisotopic (exact) mass is 407 g/mol. The molecule has 0 saturated carbocycles. The van der Waals surface area contributed by atoms with E-state index >= 15 is 0 Å². The number of fused-ring (bicyclic) bond motifs is 3. The lowest BCUT2D eigenvalue weighted by Crippen LogP contribution is -2.05. The lowest BCUT2D eigenvalue weighted by atomic mass is 10.0. The van der Waals surface area contributed by atoms with Gasteiger partial charge in [0.05, 0.1) is 11.0 Å². The molecule has 0 aliphatic rings. The average molecular weight is 407 g/mol. The predicted molar refractivity (Wildman–Crippen MR) is 122 cm³/mol. The number of anilines is 2. The third-order valence-electron chi connectivity index (χ3n) is 5.55. The number of rotatable bonds is 4. The molecule has 6 nitrogen and oxygen atoms in total. The Balaban J connectivity index is 1.64. The van der Waals surface area contributed by atoms with Crippen molar-refractivity contribution < 1.29 is 4.79 Å². The molecular weight excluding hydrogens is 386 g/mol. The Morgan fingerprint density at radius 3 is 2.42 bits per heavy atom. The zero-order valence-electron chi connectivity index (χ0n) is 17.5. The Bertz CT molecular complexity index is 1450. The van der Waals surface area contributed by atoms with Crippen LogP contribution in [0.1, 0.15) is 32.9 Å². The zero-order valence-corrected chi connectivity index (χ0v) is 17.5. The first kappa shape index (κ1) is 18.9. The molecule has 0 unspecified atom stereocenters. The van der Waals surface area contributed by atoms with Crippen molar-refractivity contribution in [2.75, 3.05) is 5.32 Å². The number of hydrogen-bond donors (Lipinski definition) is 1. The van der Waals surface area contributed by atoms with E-state index in [1.807, 2.05) is 65.9 Å². The van der Waals surface area contributed by atoms with Crippen LogP contribution in [0.15, 0.2) is 66.7 Å². The van der Waals surface area contributed by atoms with E-state index in [1.54, 1.807) is 0 Å². The fourth-order valence-electron chi connectivity index (χ4n) is 3.71. The molecule has 5 aromatic rings. The maximum atomic E-state index is 12.9. The summed E-state index contributed by atoms with van der Waals surface area (Å²) in [7, 11) is 0. The summed E-state index contributed by atoms with van der Waals surface area (Å²) >= 11 is 0. The number of carbonyl (C=O) groups is 1. The van der Waals surface area contributed by atoms with Gasteiger partial charge in [-0.25, -0.2) is 4.98 Å². The number of ketones is 1. The summed E-state index contributed by atoms with van der Waals surface area (Å²) < 4.78 is 1.94. The Morgan fingerprint density at radius 1 is 0.839 bits per heavy atom. The topological polar surface area (TPSA) is 72.2 Å². The molecule has 2 aromatic heterocycles. The smallest absolute Gasteiger partial charge is 0.204 e. The van der Waals surface area contributed by atoms with E-state index in [4.69, 9.17) is 4.98 Å². The van der Waals surface area contributed by atoms with Crippen LogP contribution >= 0.6 is 0 Å². The second-order valence-electron chi connectivity index (χ2n) is 7.69. The van der Waals surface area contributed by atoms with Crippen LogP contribution in [0.3, 0.4) is 0 Å². The van der Waals surface area contributed by atoms with E-state index in [0.29, 0.717) is 22.6 Å². The molecule has 0 atom stereocenters. The largest absolute Gasteiger partial charge is 0.337 e. The number of carbonyl (C=O) groups excluding carboxylic acids is 1. The number of aromatic nitrogens is 4. The second-order valence-corrected chi connectivity index (χ2v) is 7.69. The van der Waals surface area contributed by atoms with Gasteiger partial charge >= 0.3 is 0 Å².